The summed E-state index contributed by atoms with van der Waals surface area (Å²) in [4.78, 5) is 30.6. The van der Waals surface area contributed by atoms with Gasteiger partial charge in [-0.05, 0) is 36.4 Å². The largest absolute Gasteiger partial charge is 0.447 e. The van der Waals surface area contributed by atoms with Crippen LogP contribution in [-0.4, -0.2) is 52.9 Å². The fourth-order valence-electron chi connectivity index (χ4n) is 3.30. The normalized spacial score (nSPS) is 12.6. The van der Waals surface area contributed by atoms with Crippen molar-refractivity contribution in [2.75, 3.05) is 19.0 Å². The number of benzene rings is 2. The fourth-order valence-corrected chi connectivity index (χ4v) is 3.50. The Balaban J connectivity index is 1.56. The van der Waals surface area contributed by atoms with Crippen molar-refractivity contribution in [2.45, 2.75) is 32.0 Å². The first-order valence-electron chi connectivity index (χ1n) is 10.5. The van der Waals surface area contributed by atoms with E-state index in [1.54, 1.807) is 32.3 Å². The maximum atomic E-state index is 12.6. The number of anilines is 1. The van der Waals surface area contributed by atoms with E-state index in [0.29, 0.717) is 10.8 Å². The molecule has 33 heavy (non-hydrogen) atoms. The van der Waals surface area contributed by atoms with Crippen LogP contribution in [0.3, 0.4) is 0 Å². The van der Waals surface area contributed by atoms with E-state index in [1.807, 2.05) is 42.5 Å². The number of carbonyl (C=O) groups excluding carboxylic acids is 2. The second kappa shape index (κ2) is 11.5. The van der Waals surface area contributed by atoms with E-state index in [2.05, 4.69) is 15.6 Å². The lowest BCUT2D eigenvalue weighted by Crippen LogP contribution is -2.47. The molecule has 174 valence electrons. The van der Waals surface area contributed by atoms with Gasteiger partial charge in [0.15, 0.2) is 0 Å². The SMILES string of the molecule is C[C@H](O)C[C@@H](COC(=O)Nc1cc2ccccc2cn1)N(C)C(=O)NCc1ccccc1Cl. The zero-order valence-electron chi connectivity index (χ0n) is 18.5. The van der Waals surface area contributed by atoms with Gasteiger partial charge in [0, 0.05) is 30.2 Å². The molecule has 0 aliphatic rings. The highest BCUT2D eigenvalue weighted by molar-refractivity contribution is 6.31. The second-order valence-corrected chi connectivity index (χ2v) is 8.15. The first-order chi connectivity index (χ1) is 15.8. The maximum absolute atomic E-state index is 12.6. The summed E-state index contributed by atoms with van der Waals surface area (Å²) in [6.45, 7) is 1.76. The van der Waals surface area contributed by atoms with Gasteiger partial charge in [-0.2, -0.15) is 0 Å². The summed E-state index contributed by atoms with van der Waals surface area (Å²) in [5.41, 5.74) is 0.784. The van der Waals surface area contributed by atoms with E-state index in [9.17, 15) is 14.7 Å². The van der Waals surface area contributed by atoms with Gasteiger partial charge in [0.1, 0.15) is 12.4 Å². The van der Waals surface area contributed by atoms with Crippen LogP contribution in [0.4, 0.5) is 15.4 Å². The van der Waals surface area contributed by atoms with Crippen molar-refractivity contribution in [3.05, 3.63) is 71.4 Å². The number of aliphatic hydroxyl groups excluding tert-OH is 1. The highest BCUT2D eigenvalue weighted by Crippen LogP contribution is 2.17. The number of fused-ring (bicyclic) bond motifs is 1. The average molecular weight is 471 g/mol. The Kier molecular flexibility index (Phi) is 8.46. The number of rotatable bonds is 8. The van der Waals surface area contributed by atoms with Gasteiger partial charge in [0.2, 0.25) is 0 Å². The predicted molar refractivity (Wildman–Crippen MR) is 128 cm³/mol. The summed E-state index contributed by atoms with van der Waals surface area (Å²) < 4.78 is 5.33. The predicted octanol–water partition coefficient (Wildman–Crippen LogP) is 4.42. The number of aromatic nitrogens is 1. The van der Waals surface area contributed by atoms with Gasteiger partial charge in [-0.15, -0.1) is 0 Å². The molecule has 8 nitrogen and oxygen atoms in total. The first kappa shape index (κ1) is 24.3. The van der Waals surface area contributed by atoms with Crippen molar-refractivity contribution in [1.82, 2.24) is 15.2 Å². The third kappa shape index (κ3) is 7.06. The third-order valence-electron chi connectivity index (χ3n) is 5.14. The molecule has 0 aliphatic carbocycles. The quantitative estimate of drug-likeness (QED) is 0.452. The minimum Gasteiger partial charge on any atom is -0.447 e. The smallest absolute Gasteiger partial charge is 0.412 e. The van der Waals surface area contributed by atoms with Crippen molar-refractivity contribution >= 4 is 40.3 Å². The Bertz CT molecular complexity index is 1110. The Morgan fingerprint density at radius 2 is 1.85 bits per heavy atom. The number of nitrogens with zero attached hydrogens (tertiary/aromatic N) is 2. The van der Waals surface area contributed by atoms with Crippen molar-refractivity contribution in [2.24, 2.45) is 0 Å². The summed E-state index contributed by atoms with van der Waals surface area (Å²) >= 11 is 6.13. The molecular formula is C24H27ClN4O4. The lowest BCUT2D eigenvalue weighted by atomic mass is 10.1. The van der Waals surface area contributed by atoms with E-state index in [4.69, 9.17) is 16.3 Å². The van der Waals surface area contributed by atoms with Crippen LogP contribution in [0.5, 0.6) is 0 Å². The molecule has 0 unspecified atom stereocenters. The molecule has 2 atom stereocenters. The molecule has 0 saturated heterocycles. The van der Waals surface area contributed by atoms with Crippen LogP contribution in [0.25, 0.3) is 10.8 Å². The van der Waals surface area contributed by atoms with Gasteiger partial charge in [-0.25, -0.2) is 14.6 Å². The highest BCUT2D eigenvalue weighted by atomic mass is 35.5. The monoisotopic (exact) mass is 470 g/mol. The van der Waals surface area contributed by atoms with E-state index in [0.717, 1.165) is 16.3 Å². The van der Waals surface area contributed by atoms with Crippen LogP contribution >= 0.6 is 11.6 Å². The Morgan fingerprint density at radius 3 is 2.58 bits per heavy atom. The number of hydrogen-bond acceptors (Lipinski definition) is 5. The zero-order chi connectivity index (χ0) is 23.8. The van der Waals surface area contributed by atoms with Crippen molar-refractivity contribution in [3.8, 4) is 0 Å². The molecule has 1 aromatic heterocycles. The minimum atomic E-state index is -0.696. The average Bonchev–Trinajstić information content (AvgIpc) is 2.80. The van der Waals surface area contributed by atoms with Crippen LogP contribution in [-0.2, 0) is 11.3 Å². The molecule has 0 fully saturated rings. The number of aliphatic hydroxyl groups is 1. The lowest BCUT2D eigenvalue weighted by molar-refractivity contribution is 0.0847. The number of ether oxygens (including phenoxy) is 1. The molecule has 1 heterocycles. The van der Waals surface area contributed by atoms with Crippen LogP contribution in [0.2, 0.25) is 5.02 Å². The topological polar surface area (TPSA) is 104 Å². The first-order valence-corrected chi connectivity index (χ1v) is 10.9. The number of likely N-dealkylation sites (N-methyl/N-ethyl adjacent to an activating group) is 1. The minimum absolute atomic E-state index is 0.0969. The molecular weight excluding hydrogens is 444 g/mol. The molecule has 0 radical (unpaired) electrons. The summed E-state index contributed by atoms with van der Waals surface area (Å²) in [6, 6.07) is 15.7. The number of halogens is 1. The summed E-state index contributed by atoms with van der Waals surface area (Å²) in [7, 11) is 1.58. The number of carbonyl (C=O) groups is 2. The lowest BCUT2D eigenvalue weighted by Gasteiger charge is -2.29. The molecule has 9 heteroatoms. The molecule has 2 aromatic carbocycles. The maximum Gasteiger partial charge on any atom is 0.412 e. The molecule has 0 bridgehead atoms. The zero-order valence-corrected chi connectivity index (χ0v) is 19.2. The number of pyridine rings is 1. The van der Waals surface area contributed by atoms with Crippen molar-refractivity contribution in [3.63, 3.8) is 0 Å². The standard InChI is InChI=1S/C24H27ClN4O4/c1-16(30)11-20(29(2)23(31)27-14-19-9-5-6-10-21(19)25)15-33-24(32)28-22-12-17-7-3-4-8-18(17)13-26-22/h3-10,12-13,16,20,30H,11,14-15H2,1-2H3,(H,27,31)(H,26,28,32)/t16-,20-/m0/s1. The van der Waals surface area contributed by atoms with Gasteiger partial charge in [0.25, 0.3) is 0 Å². The molecule has 0 aliphatic heterocycles. The molecule has 3 rings (SSSR count). The van der Waals surface area contributed by atoms with Crippen LogP contribution in [0.15, 0.2) is 60.8 Å². The van der Waals surface area contributed by atoms with Crippen molar-refractivity contribution in [1.29, 1.82) is 0 Å². The Hall–Kier alpha value is -3.36. The summed E-state index contributed by atoms with van der Waals surface area (Å²) in [5, 5.41) is 17.7. The van der Waals surface area contributed by atoms with E-state index < -0.39 is 18.2 Å². The van der Waals surface area contributed by atoms with Gasteiger partial charge in [-0.1, -0.05) is 54.1 Å². The van der Waals surface area contributed by atoms with Crippen molar-refractivity contribution < 1.29 is 19.4 Å². The Labute approximate surface area is 197 Å². The number of hydrogen-bond donors (Lipinski definition) is 3. The number of amides is 3. The van der Waals surface area contributed by atoms with Crippen LogP contribution < -0.4 is 10.6 Å². The van der Waals surface area contributed by atoms with Gasteiger partial charge in [-0.3, -0.25) is 5.32 Å². The summed E-state index contributed by atoms with van der Waals surface area (Å²) in [6.07, 6.45) is 0.511. The highest BCUT2D eigenvalue weighted by Gasteiger charge is 2.23. The van der Waals surface area contributed by atoms with E-state index >= 15 is 0 Å². The molecule has 0 saturated carbocycles. The van der Waals surface area contributed by atoms with E-state index in [1.165, 1.54) is 4.90 Å². The van der Waals surface area contributed by atoms with Crippen LogP contribution in [0, 0.1) is 0 Å². The fraction of sp³-hybridized carbons (Fsp3) is 0.292. The molecule has 0 spiro atoms. The third-order valence-corrected chi connectivity index (χ3v) is 5.51. The number of urea groups is 1. The van der Waals surface area contributed by atoms with Gasteiger partial charge < -0.3 is 20.1 Å². The van der Waals surface area contributed by atoms with E-state index in [-0.39, 0.29) is 25.6 Å². The second-order valence-electron chi connectivity index (χ2n) is 7.74. The Morgan fingerprint density at radius 1 is 1.15 bits per heavy atom. The number of nitrogens with one attached hydrogen (secondary N) is 2. The van der Waals surface area contributed by atoms with Gasteiger partial charge >= 0.3 is 12.1 Å². The summed E-state index contributed by atoms with van der Waals surface area (Å²) in [5.74, 6) is 0.358. The van der Waals surface area contributed by atoms with Gasteiger partial charge in [0.05, 0.1) is 12.1 Å². The molecule has 3 aromatic rings. The van der Waals surface area contributed by atoms with Crippen LogP contribution in [0.1, 0.15) is 18.9 Å². The molecule has 3 amide bonds. The molecule has 3 N–H and O–H groups in total.